The Morgan fingerprint density at radius 1 is 1.16 bits per heavy atom. The van der Waals surface area contributed by atoms with Crippen molar-refractivity contribution in [2.45, 2.75) is 45.1 Å². The van der Waals surface area contributed by atoms with E-state index in [2.05, 4.69) is 4.98 Å². The molecule has 1 N–H and O–H groups in total. The van der Waals surface area contributed by atoms with Gasteiger partial charge in [-0.1, -0.05) is 18.2 Å². The average molecular weight is 451 g/mol. The molecular weight excluding hydrogens is 420 g/mol. The molecule has 0 saturated carbocycles. The number of carbonyl (C=O) groups excluding carboxylic acids is 2. The van der Waals surface area contributed by atoms with E-state index in [-0.39, 0.29) is 17.1 Å². The third-order valence-corrected chi connectivity index (χ3v) is 7.09. The Balaban J connectivity index is 2.43. The molecule has 0 bridgehead atoms. The summed E-state index contributed by atoms with van der Waals surface area (Å²) in [6, 6.07) is 7.04. The molecule has 0 spiro atoms. The summed E-state index contributed by atoms with van der Waals surface area (Å²) in [5, 5.41) is 0. The minimum Gasteiger partial charge on any atom is -0.464 e. The van der Waals surface area contributed by atoms with Crippen molar-refractivity contribution in [1.29, 1.82) is 0 Å². The van der Waals surface area contributed by atoms with Crippen molar-refractivity contribution >= 4 is 21.8 Å². The lowest BCUT2D eigenvalue weighted by molar-refractivity contribution is 0.0593. The van der Waals surface area contributed by atoms with Gasteiger partial charge in [0.25, 0.3) is 0 Å². The van der Waals surface area contributed by atoms with E-state index in [0.29, 0.717) is 36.5 Å². The lowest BCUT2D eigenvalue weighted by Crippen LogP contribution is -2.44. The Bertz CT molecular complexity index is 1010. The number of hydrogen-bond acceptors (Lipinski definition) is 6. The third kappa shape index (κ3) is 5.41. The molecule has 1 aromatic carbocycles. The Morgan fingerprint density at radius 2 is 1.81 bits per heavy atom. The highest BCUT2D eigenvalue weighted by molar-refractivity contribution is 7.89. The van der Waals surface area contributed by atoms with Crippen molar-refractivity contribution in [2.24, 2.45) is 0 Å². The van der Waals surface area contributed by atoms with Crippen molar-refractivity contribution in [3.05, 3.63) is 52.8 Å². The van der Waals surface area contributed by atoms with Crippen LogP contribution in [0.2, 0.25) is 0 Å². The van der Waals surface area contributed by atoms with Gasteiger partial charge < -0.3 is 14.5 Å². The number of esters is 1. The standard InChI is InChI=1S/C22H30N2O6S/c1-6-30-14-10-13-24(31(27,28)18-11-8-7-9-12-18)17(4)21(25)19-15(2)20(22(26)29-5)23-16(19)3/h7-9,11-12,17,23H,6,10,13-14H2,1-5H3/t17-/m0/s1. The van der Waals surface area contributed by atoms with E-state index in [4.69, 9.17) is 9.47 Å². The van der Waals surface area contributed by atoms with Gasteiger partial charge in [0.2, 0.25) is 10.0 Å². The predicted molar refractivity (Wildman–Crippen MR) is 117 cm³/mol. The van der Waals surface area contributed by atoms with Gasteiger partial charge in [-0.25, -0.2) is 13.2 Å². The van der Waals surface area contributed by atoms with Gasteiger partial charge in [0.15, 0.2) is 5.78 Å². The zero-order valence-corrected chi connectivity index (χ0v) is 19.4. The molecule has 1 atom stereocenters. The van der Waals surface area contributed by atoms with Gasteiger partial charge >= 0.3 is 5.97 Å². The Morgan fingerprint density at radius 3 is 2.39 bits per heavy atom. The minimum atomic E-state index is -3.93. The number of H-pyrrole nitrogens is 1. The fourth-order valence-electron chi connectivity index (χ4n) is 3.48. The van der Waals surface area contributed by atoms with Crippen LogP contribution in [0.3, 0.4) is 0 Å². The van der Waals surface area contributed by atoms with Gasteiger partial charge in [-0.3, -0.25) is 4.79 Å². The number of aryl methyl sites for hydroxylation is 1. The van der Waals surface area contributed by atoms with Crippen LogP contribution < -0.4 is 0 Å². The zero-order valence-electron chi connectivity index (χ0n) is 18.6. The van der Waals surface area contributed by atoms with Gasteiger partial charge in [-0.05, 0) is 51.8 Å². The molecule has 31 heavy (non-hydrogen) atoms. The van der Waals surface area contributed by atoms with Crippen LogP contribution in [0.5, 0.6) is 0 Å². The lowest BCUT2D eigenvalue weighted by Gasteiger charge is -2.28. The molecule has 0 aliphatic carbocycles. The number of aromatic nitrogens is 1. The quantitative estimate of drug-likeness (QED) is 0.320. The molecule has 170 valence electrons. The number of benzene rings is 1. The number of Topliss-reactive ketones (excluding diaryl/α,β-unsaturated/α-hetero) is 1. The molecule has 0 radical (unpaired) electrons. The molecule has 9 heteroatoms. The van der Waals surface area contributed by atoms with E-state index in [1.165, 1.54) is 23.5 Å². The van der Waals surface area contributed by atoms with Crippen LogP contribution in [-0.4, -0.2) is 62.4 Å². The van der Waals surface area contributed by atoms with E-state index in [0.717, 1.165) is 0 Å². The number of ether oxygens (including phenoxy) is 2. The van der Waals surface area contributed by atoms with Crippen molar-refractivity contribution < 1.29 is 27.5 Å². The highest BCUT2D eigenvalue weighted by atomic mass is 32.2. The smallest absolute Gasteiger partial charge is 0.354 e. The molecule has 0 amide bonds. The van der Waals surface area contributed by atoms with Gasteiger partial charge in [0.1, 0.15) is 5.69 Å². The predicted octanol–water partition coefficient (Wildman–Crippen LogP) is 3.11. The summed E-state index contributed by atoms with van der Waals surface area (Å²) in [6.45, 7) is 7.76. The van der Waals surface area contributed by atoms with Crippen LogP contribution in [0.15, 0.2) is 35.2 Å². The maximum Gasteiger partial charge on any atom is 0.354 e. The first kappa shape index (κ1) is 24.8. The molecular formula is C22H30N2O6S. The molecule has 1 aromatic heterocycles. The van der Waals surface area contributed by atoms with Crippen LogP contribution in [0, 0.1) is 13.8 Å². The summed E-state index contributed by atoms with van der Waals surface area (Å²) in [6.07, 6.45) is 0.441. The average Bonchev–Trinajstić information content (AvgIpc) is 3.06. The second kappa shape index (κ2) is 10.7. The molecule has 0 saturated heterocycles. The Labute approximate surface area is 183 Å². The fraction of sp³-hybridized carbons (Fsp3) is 0.455. The summed E-state index contributed by atoms with van der Waals surface area (Å²) in [7, 11) is -2.67. The number of rotatable bonds is 11. The maximum absolute atomic E-state index is 13.4. The highest BCUT2D eigenvalue weighted by Crippen LogP contribution is 2.25. The minimum absolute atomic E-state index is 0.115. The molecule has 2 aromatic rings. The van der Waals surface area contributed by atoms with Crippen molar-refractivity contribution in [1.82, 2.24) is 9.29 Å². The van der Waals surface area contributed by atoms with Crippen LogP contribution in [0.4, 0.5) is 0 Å². The summed E-state index contributed by atoms with van der Waals surface area (Å²) in [5.74, 6) is -0.977. The number of nitrogens with zero attached hydrogens (tertiary/aromatic N) is 1. The van der Waals surface area contributed by atoms with Gasteiger partial charge in [0, 0.05) is 31.0 Å². The molecule has 1 heterocycles. The lowest BCUT2D eigenvalue weighted by atomic mass is 10.0. The molecule has 0 aliphatic rings. The summed E-state index contributed by atoms with van der Waals surface area (Å²) in [4.78, 5) is 28.4. The Kier molecular flexibility index (Phi) is 8.55. The first-order valence-corrected chi connectivity index (χ1v) is 11.6. The van der Waals surface area contributed by atoms with Crippen molar-refractivity contribution in [3.8, 4) is 0 Å². The number of carbonyl (C=O) groups is 2. The van der Waals surface area contributed by atoms with Crippen LogP contribution in [0.1, 0.15) is 52.4 Å². The first-order valence-electron chi connectivity index (χ1n) is 10.1. The third-order valence-electron chi connectivity index (χ3n) is 5.11. The van der Waals surface area contributed by atoms with Gasteiger partial charge in [-0.2, -0.15) is 4.31 Å². The monoisotopic (exact) mass is 450 g/mol. The summed E-state index contributed by atoms with van der Waals surface area (Å²) >= 11 is 0. The number of aromatic amines is 1. The highest BCUT2D eigenvalue weighted by Gasteiger charge is 2.35. The number of nitrogens with one attached hydrogen (secondary N) is 1. The molecule has 0 unspecified atom stereocenters. The normalized spacial score (nSPS) is 12.7. The Hall–Kier alpha value is -2.49. The van der Waals surface area contributed by atoms with E-state index >= 15 is 0 Å². The van der Waals surface area contributed by atoms with Crippen LogP contribution >= 0.6 is 0 Å². The van der Waals surface area contributed by atoms with Crippen molar-refractivity contribution in [3.63, 3.8) is 0 Å². The molecule has 2 rings (SSSR count). The van der Waals surface area contributed by atoms with Crippen LogP contribution in [0.25, 0.3) is 0 Å². The number of ketones is 1. The number of hydrogen-bond donors (Lipinski definition) is 1. The molecule has 0 aliphatic heterocycles. The number of sulfonamides is 1. The molecule has 8 nitrogen and oxygen atoms in total. The first-order chi connectivity index (χ1) is 14.7. The summed E-state index contributed by atoms with van der Waals surface area (Å²) < 4.78 is 38.0. The second-order valence-electron chi connectivity index (χ2n) is 7.14. The van der Waals surface area contributed by atoms with Crippen molar-refractivity contribution in [2.75, 3.05) is 26.9 Å². The largest absolute Gasteiger partial charge is 0.464 e. The van der Waals surface area contributed by atoms with E-state index in [9.17, 15) is 18.0 Å². The fourth-order valence-corrected chi connectivity index (χ4v) is 5.14. The molecule has 0 fully saturated rings. The van der Waals surface area contributed by atoms with E-state index < -0.39 is 27.8 Å². The zero-order chi connectivity index (χ0) is 23.2. The SMILES string of the molecule is CCOCCCN([C@@H](C)C(=O)c1c(C)[nH]c(C(=O)OC)c1C)S(=O)(=O)c1ccccc1. The maximum atomic E-state index is 13.4. The summed E-state index contributed by atoms with van der Waals surface area (Å²) in [5.41, 5.74) is 1.41. The van der Waals surface area contributed by atoms with Gasteiger partial charge in [-0.15, -0.1) is 0 Å². The van der Waals surface area contributed by atoms with E-state index in [1.807, 2.05) is 6.92 Å². The second-order valence-corrected chi connectivity index (χ2v) is 9.03. The van der Waals surface area contributed by atoms with E-state index in [1.54, 1.807) is 39.0 Å². The van der Waals surface area contributed by atoms with Crippen LogP contribution in [-0.2, 0) is 19.5 Å². The number of methoxy groups -OCH3 is 1. The topological polar surface area (TPSA) is 106 Å². The van der Waals surface area contributed by atoms with Gasteiger partial charge in [0.05, 0.1) is 18.0 Å².